The molecule has 0 bridgehead atoms. The summed E-state index contributed by atoms with van der Waals surface area (Å²) in [5.41, 5.74) is 0.0958. The third-order valence-electron chi connectivity index (χ3n) is 1.92. The first-order chi connectivity index (χ1) is 7.56. The van der Waals surface area contributed by atoms with Crippen molar-refractivity contribution in [1.29, 1.82) is 0 Å². The van der Waals surface area contributed by atoms with Gasteiger partial charge >= 0.3 is 0 Å². The fourth-order valence-corrected chi connectivity index (χ4v) is 1.21. The first-order valence-corrected chi connectivity index (χ1v) is 5.01. The smallest absolute Gasteiger partial charge is 0.259 e. The molecule has 0 fully saturated rings. The van der Waals surface area contributed by atoms with Gasteiger partial charge in [0.1, 0.15) is 24.3 Å². The van der Waals surface area contributed by atoms with E-state index in [-0.39, 0.29) is 29.9 Å². The van der Waals surface area contributed by atoms with Crippen LogP contribution in [0.4, 0.5) is 0 Å². The molecule has 1 amide bonds. The van der Waals surface area contributed by atoms with Gasteiger partial charge in [0.2, 0.25) is 0 Å². The van der Waals surface area contributed by atoms with Crippen LogP contribution in [0.15, 0.2) is 18.2 Å². The van der Waals surface area contributed by atoms with Crippen molar-refractivity contribution in [3.8, 4) is 11.5 Å². The molecule has 0 aliphatic rings. The maximum Gasteiger partial charge on any atom is 0.259 e. The standard InChI is InChI=1S/C10H12ClNO4/c1-12(6-16-5-11)10(15)8-3-2-7(13)4-9(8)14/h2-4,13-14H,5-6H2,1H3. The van der Waals surface area contributed by atoms with E-state index in [0.29, 0.717) is 0 Å². The number of nitrogens with zero attached hydrogens (tertiary/aromatic N) is 1. The highest BCUT2D eigenvalue weighted by Crippen LogP contribution is 2.23. The number of amides is 1. The second-order valence-corrected chi connectivity index (χ2v) is 3.37. The van der Waals surface area contributed by atoms with Gasteiger partial charge in [0.15, 0.2) is 0 Å². The number of carbonyl (C=O) groups is 1. The second-order valence-electron chi connectivity index (χ2n) is 3.15. The molecule has 1 rings (SSSR count). The van der Waals surface area contributed by atoms with Gasteiger partial charge in [0.05, 0.1) is 5.56 Å². The molecule has 16 heavy (non-hydrogen) atoms. The Kier molecular flexibility index (Phi) is 4.39. The van der Waals surface area contributed by atoms with Gasteiger partial charge < -0.3 is 19.8 Å². The van der Waals surface area contributed by atoms with E-state index < -0.39 is 5.91 Å². The van der Waals surface area contributed by atoms with Crippen LogP contribution < -0.4 is 0 Å². The molecule has 0 spiro atoms. The Labute approximate surface area is 97.8 Å². The highest BCUT2D eigenvalue weighted by atomic mass is 35.5. The lowest BCUT2D eigenvalue weighted by Crippen LogP contribution is -2.29. The number of halogens is 1. The second kappa shape index (κ2) is 5.58. The normalized spacial score (nSPS) is 10.1. The molecule has 6 heteroatoms. The highest BCUT2D eigenvalue weighted by Gasteiger charge is 2.15. The quantitative estimate of drug-likeness (QED) is 0.620. The number of carbonyl (C=O) groups excluding carboxylic acids is 1. The van der Waals surface area contributed by atoms with Crippen molar-refractivity contribution in [1.82, 2.24) is 4.90 Å². The summed E-state index contributed by atoms with van der Waals surface area (Å²) in [7, 11) is 1.52. The average Bonchev–Trinajstić information content (AvgIpc) is 2.25. The molecule has 0 saturated heterocycles. The average molecular weight is 246 g/mol. The van der Waals surface area contributed by atoms with Crippen molar-refractivity contribution in [2.24, 2.45) is 0 Å². The van der Waals surface area contributed by atoms with Gasteiger partial charge in [-0.05, 0) is 12.1 Å². The summed E-state index contributed by atoms with van der Waals surface area (Å²) in [6, 6.07) is 3.75. The SMILES string of the molecule is CN(COCCl)C(=O)c1ccc(O)cc1O. The Morgan fingerprint density at radius 2 is 2.19 bits per heavy atom. The largest absolute Gasteiger partial charge is 0.508 e. The van der Waals surface area contributed by atoms with E-state index in [2.05, 4.69) is 0 Å². The van der Waals surface area contributed by atoms with Crippen LogP contribution in [0.2, 0.25) is 0 Å². The number of hydrogen-bond donors (Lipinski definition) is 2. The van der Waals surface area contributed by atoms with Gasteiger partial charge in [-0.3, -0.25) is 4.79 Å². The number of ether oxygens (including phenoxy) is 1. The molecular formula is C10H12ClNO4. The summed E-state index contributed by atoms with van der Waals surface area (Å²) >= 11 is 5.31. The summed E-state index contributed by atoms with van der Waals surface area (Å²) < 4.78 is 4.84. The van der Waals surface area contributed by atoms with Crippen molar-refractivity contribution >= 4 is 17.5 Å². The van der Waals surface area contributed by atoms with Gasteiger partial charge in [-0.25, -0.2) is 0 Å². The van der Waals surface area contributed by atoms with E-state index in [9.17, 15) is 9.90 Å². The molecule has 5 nitrogen and oxygen atoms in total. The number of aromatic hydroxyl groups is 2. The number of benzene rings is 1. The Hall–Kier alpha value is -1.46. The molecular weight excluding hydrogens is 234 g/mol. The van der Waals surface area contributed by atoms with Crippen LogP contribution in [-0.4, -0.2) is 40.9 Å². The summed E-state index contributed by atoms with van der Waals surface area (Å²) in [4.78, 5) is 13.0. The topological polar surface area (TPSA) is 70.0 Å². The molecule has 0 atom stereocenters. The zero-order valence-electron chi connectivity index (χ0n) is 8.68. The van der Waals surface area contributed by atoms with E-state index in [1.54, 1.807) is 0 Å². The molecule has 0 aliphatic heterocycles. The Balaban J connectivity index is 2.79. The maximum atomic E-state index is 11.7. The predicted molar refractivity (Wildman–Crippen MR) is 58.5 cm³/mol. The zero-order chi connectivity index (χ0) is 12.1. The maximum absolute atomic E-state index is 11.7. The van der Waals surface area contributed by atoms with E-state index >= 15 is 0 Å². The van der Waals surface area contributed by atoms with Crippen LogP contribution in [0.5, 0.6) is 11.5 Å². The van der Waals surface area contributed by atoms with Gasteiger partial charge in [-0.1, -0.05) is 11.6 Å². The van der Waals surface area contributed by atoms with Crippen molar-refractivity contribution in [3.63, 3.8) is 0 Å². The van der Waals surface area contributed by atoms with Crippen LogP contribution in [0, 0.1) is 0 Å². The Morgan fingerprint density at radius 3 is 2.75 bits per heavy atom. The lowest BCUT2D eigenvalue weighted by Gasteiger charge is -2.16. The van der Waals surface area contributed by atoms with E-state index in [0.717, 1.165) is 6.07 Å². The fourth-order valence-electron chi connectivity index (χ4n) is 1.14. The number of phenols is 2. The minimum absolute atomic E-state index is 0.0147. The first kappa shape index (κ1) is 12.6. The number of phenolic OH excluding ortho intramolecular Hbond substituents is 2. The summed E-state index contributed by atoms with van der Waals surface area (Å²) in [5, 5.41) is 18.5. The minimum atomic E-state index is -0.414. The van der Waals surface area contributed by atoms with E-state index in [4.69, 9.17) is 21.4 Å². The van der Waals surface area contributed by atoms with Crippen molar-refractivity contribution in [3.05, 3.63) is 23.8 Å². The predicted octanol–water partition coefficient (Wildman–Crippen LogP) is 1.34. The number of alkyl halides is 1. The molecule has 1 aromatic carbocycles. The highest BCUT2D eigenvalue weighted by molar-refractivity contribution is 6.17. The molecule has 88 valence electrons. The summed E-state index contributed by atoms with van der Waals surface area (Å²) in [6.07, 6.45) is 0. The molecule has 0 saturated carbocycles. The van der Waals surface area contributed by atoms with Crippen LogP contribution in [-0.2, 0) is 4.74 Å². The third-order valence-corrected chi connectivity index (χ3v) is 2.07. The molecule has 0 heterocycles. The Bertz CT molecular complexity index is 383. The minimum Gasteiger partial charge on any atom is -0.508 e. The third kappa shape index (κ3) is 3.01. The van der Waals surface area contributed by atoms with Gasteiger partial charge in [0, 0.05) is 13.1 Å². The van der Waals surface area contributed by atoms with Crippen molar-refractivity contribution in [2.45, 2.75) is 0 Å². The van der Waals surface area contributed by atoms with Crippen LogP contribution in [0.25, 0.3) is 0 Å². The van der Waals surface area contributed by atoms with Crippen molar-refractivity contribution in [2.75, 3.05) is 19.8 Å². The number of rotatable bonds is 4. The molecule has 0 radical (unpaired) electrons. The van der Waals surface area contributed by atoms with E-state index in [1.165, 1.54) is 24.1 Å². The lowest BCUT2D eigenvalue weighted by molar-refractivity contribution is 0.0462. The van der Waals surface area contributed by atoms with Crippen LogP contribution >= 0.6 is 11.6 Å². The van der Waals surface area contributed by atoms with Crippen LogP contribution in [0.1, 0.15) is 10.4 Å². The van der Waals surface area contributed by atoms with E-state index in [1.807, 2.05) is 0 Å². The summed E-state index contributed by atoms with van der Waals surface area (Å²) in [6.45, 7) is 0.0304. The fraction of sp³-hybridized carbons (Fsp3) is 0.300. The molecule has 0 unspecified atom stereocenters. The number of hydrogen-bond acceptors (Lipinski definition) is 4. The van der Waals surface area contributed by atoms with Crippen LogP contribution in [0.3, 0.4) is 0 Å². The Morgan fingerprint density at radius 1 is 1.50 bits per heavy atom. The van der Waals surface area contributed by atoms with Gasteiger partial charge in [-0.15, -0.1) is 0 Å². The molecule has 2 N–H and O–H groups in total. The first-order valence-electron chi connectivity index (χ1n) is 4.47. The molecule has 0 aliphatic carbocycles. The lowest BCUT2D eigenvalue weighted by atomic mass is 10.1. The molecule has 1 aromatic rings. The monoisotopic (exact) mass is 245 g/mol. The van der Waals surface area contributed by atoms with Gasteiger partial charge in [0.25, 0.3) is 5.91 Å². The summed E-state index contributed by atoms with van der Waals surface area (Å²) in [5.74, 6) is -0.793. The zero-order valence-corrected chi connectivity index (χ0v) is 9.44. The van der Waals surface area contributed by atoms with Gasteiger partial charge in [-0.2, -0.15) is 0 Å². The van der Waals surface area contributed by atoms with Crippen molar-refractivity contribution < 1.29 is 19.7 Å². The molecule has 0 aromatic heterocycles.